The predicted molar refractivity (Wildman–Crippen MR) is 112 cm³/mol. The van der Waals surface area contributed by atoms with Crippen LogP contribution < -0.4 is 5.32 Å². The molecule has 1 unspecified atom stereocenters. The van der Waals surface area contributed by atoms with Gasteiger partial charge in [-0.25, -0.2) is 14.7 Å². The van der Waals surface area contributed by atoms with Crippen molar-refractivity contribution in [2.24, 2.45) is 4.99 Å². The molecule has 5 rings (SSSR count). The number of pyridine rings is 1. The highest BCUT2D eigenvalue weighted by Crippen LogP contribution is 2.32. The van der Waals surface area contributed by atoms with Gasteiger partial charge in [0.1, 0.15) is 12.6 Å². The number of nitrogens with one attached hydrogen (secondary N) is 1. The Morgan fingerprint density at radius 1 is 1.20 bits per heavy atom. The molecular weight excluding hydrogens is 382 g/mol. The van der Waals surface area contributed by atoms with Gasteiger partial charge in [-0.2, -0.15) is 5.10 Å². The highest BCUT2D eigenvalue weighted by atomic mass is 16.5. The van der Waals surface area contributed by atoms with Crippen LogP contribution >= 0.6 is 0 Å². The zero-order valence-electron chi connectivity index (χ0n) is 16.7. The van der Waals surface area contributed by atoms with Crippen LogP contribution in [0.2, 0.25) is 0 Å². The van der Waals surface area contributed by atoms with Crippen LogP contribution in [-0.2, 0) is 20.8 Å². The molecule has 2 aliphatic rings. The summed E-state index contributed by atoms with van der Waals surface area (Å²) in [5, 5.41) is 8.88. The monoisotopic (exact) mass is 405 g/mol. The summed E-state index contributed by atoms with van der Waals surface area (Å²) in [5.74, 6) is 0.372. The number of carbonyl (C=O) groups excluding carboxylic acids is 1. The first kappa shape index (κ1) is 18.6. The number of rotatable bonds is 5. The second-order valence-corrected chi connectivity index (χ2v) is 7.47. The minimum Gasteiger partial charge on any atom is -0.475 e. The zero-order chi connectivity index (χ0) is 20.5. The Hall–Kier alpha value is -3.42. The molecule has 3 aromatic rings. The molecule has 0 saturated carbocycles. The van der Waals surface area contributed by atoms with Crippen LogP contribution in [0, 0.1) is 0 Å². The van der Waals surface area contributed by atoms with Crippen molar-refractivity contribution in [2.45, 2.75) is 38.4 Å². The normalized spacial score (nSPS) is 21.2. The maximum absolute atomic E-state index is 11.8. The highest BCUT2D eigenvalue weighted by molar-refractivity contribution is 6.07. The molecule has 1 saturated heterocycles. The van der Waals surface area contributed by atoms with Gasteiger partial charge in [0.15, 0.2) is 5.65 Å². The van der Waals surface area contributed by atoms with Crippen molar-refractivity contribution in [1.82, 2.24) is 14.8 Å². The predicted octanol–water partition coefficient (Wildman–Crippen LogP) is 3.09. The number of ether oxygens (including phenoxy) is 2. The topological polar surface area (TPSA) is 90.6 Å². The quantitative estimate of drug-likeness (QED) is 0.656. The molecule has 0 radical (unpaired) electrons. The van der Waals surface area contributed by atoms with E-state index in [1.807, 2.05) is 36.0 Å². The van der Waals surface area contributed by atoms with Gasteiger partial charge >= 0.3 is 5.97 Å². The molecular formula is C22H23N5O3. The summed E-state index contributed by atoms with van der Waals surface area (Å²) in [7, 11) is 0. The van der Waals surface area contributed by atoms with E-state index in [4.69, 9.17) is 14.5 Å². The summed E-state index contributed by atoms with van der Waals surface area (Å²) < 4.78 is 12.9. The first-order valence-electron chi connectivity index (χ1n) is 10.3. The van der Waals surface area contributed by atoms with Crippen LogP contribution in [0.3, 0.4) is 0 Å². The summed E-state index contributed by atoms with van der Waals surface area (Å²) in [5.41, 5.74) is 3.55. The number of esters is 1. The van der Waals surface area contributed by atoms with E-state index >= 15 is 0 Å². The van der Waals surface area contributed by atoms with Crippen LogP contribution in [0.5, 0.6) is 0 Å². The van der Waals surface area contributed by atoms with Crippen molar-refractivity contribution < 1.29 is 14.3 Å². The molecule has 0 spiro atoms. The lowest BCUT2D eigenvalue weighted by Crippen LogP contribution is -2.31. The molecule has 2 aliphatic heterocycles. The van der Waals surface area contributed by atoms with Crippen molar-refractivity contribution in [3.63, 3.8) is 0 Å². The van der Waals surface area contributed by atoms with Crippen LogP contribution in [0.4, 0.5) is 5.69 Å². The van der Waals surface area contributed by atoms with Crippen LogP contribution in [0.15, 0.2) is 47.7 Å². The van der Waals surface area contributed by atoms with Gasteiger partial charge in [0.05, 0.1) is 35.9 Å². The zero-order valence-corrected chi connectivity index (χ0v) is 16.7. The molecule has 1 N–H and O–H groups in total. The Bertz CT molecular complexity index is 1110. The number of carbonyl (C=O) groups is 1. The Balaban J connectivity index is 1.55. The minimum atomic E-state index is -0.187. The highest BCUT2D eigenvalue weighted by Gasteiger charge is 2.28. The standard InChI is InChI=1S/C22H23N5O3/c1-2-27-21-16(12-24-27)20(25-15-8-9-29-19(28)10-15)17(11-23-21)22-26-18(13-30-22)14-6-4-3-5-7-14/h3-7,11-12,15,18H,2,8-10,13H2,1H3,(H,23,25)/t15?,18-/m1/s1. The van der Waals surface area contributed by atoms with Crippen LogP contribution in [0.25, 0.3) is 11.0 Å². The lowest BCUT2D eigenvalue weighted by Gasteiger charge is -2.24. The molecule has 8 nitrogen and oxygen atoms in total. The summed E-state index contributed by atoms with van der Waals surface area (Å²) in [6.07, 6.45) is 4.66. The Morgan fingerprint density at radius 3 is 2.87 bits per heavy atom. The van der Waals surface area contributed by atoms with Gasteiger partial charge in [0.2, 0.25) is 5.90 Å². The fourth-order valence-electron chi connectivity index (χ4n) is 3.95. The first-order valence-corrected chi connectivity index (χ1v) is 10.3. The first-order chi connectivity index (χ1) is 14.7. The van der Waals surface area contributed by atoms with E-state index in [0.29, 0.717) is 25.5 Å². The lowest BCUT2D eigenvalue weighted by atomic mass is 10.1. The number of aromatic nitrogens is 3. The molecule has 0 aliphatic carbocycles. The molecule has 0 amide bonds. The lowest BCUT2D eigenvalue weighted by molar-refractivity contribution is -0.147. The second-order valence-electron chi connectivity index (χ2n) is 7.47. The number of aryl methyl sites for hydroxylation is 1. The van der Waals surface area contributed by atoms with Crippen LogP contribution in [0.1, 0.15) is 36.9 Å². The maximum Gasteiger partial charge on any atom is 0.307 e. The van der Waals surface area contributed by atoms with E-state index in [2.05, 4.69) is 27.5 Å². The summed E-state index contributed by atoms with van der Waals surface area (Å²) in [4.78, 5) is 21.2. The van der Waals surface area contributed by atoms with Gasteiger partial charge in [-0.3, -0.25) is 4.79 Å². The van der Waals surface area contributed by atoms with Gasteiger partial charge < -0.3 is 14.8 Å². The fourth-order valence-corrected chi connectivity index (χ4v) is 3.95. The van der Waals surface area contributed by atoms with E-state index in [0.717, 1.165) is 40.8 Å². The third-order valence-corrected chi connectivity index (χ3v) is 5.52. The van der Waals surface area contributed by atoms with Crippen molar-refractivity contribution in [3.8, 4) is 0 Å². The molecule has 154 valence electrons. The summed E-state index contributed by atoms with van der Waals surface area (Å²) in [6.45, 7) is 3.65. The Kier molecular flexibility index (Phi) is 4.82. The average Bonchev–Trinajstić information content (AvgIpc) is 3.42. The van der Waals surface area contributed by atoms with E-state index in [-0.39, 0.29) is 18.1 Å². The number of benzene rings is 1. The van der Waals surface area contributed by atoms with Gasteiger partial charge in [0.25, 0.3) is 0 Å². The van der Waals surface area contributed by atoms with E-state index in [1.54, 1.807) is 6.20 Å². The molecule has 2 aromatic heterocycles. The molecule has 30 heavy (non-hydrogen) atoms. The van der Waals surface area contributed by atoms with Crippen molar-refractivity contribution >= 4 is 28.6 Å². The summed E-state index contributed by atoms with van der Waals surface area (Å²) >= 11 is 0. The Morgan fingerprint density at radius 2 is 2.07 bits per heavy atom. The number of anilines is 1. The Labute approximate surface area is 173 Å². The third kappa shape index (κ3) is 3.38. The van der Waals surface area contributed by atoms with Gasteiger partial charge in [-0.05, 0) is 12.5 Å². The van der Waals surface area contributed by atoms with Crippen molar-refractivity contribution in [1.29, 1.82) is 0 Å². The van der Waals surface area contributed by atoms with Crippen molar-refractivity contribution in [2.75, 3.05) is 18.5 Å². The third-order valence-electron chi connectivity index (χ3n) is 5.52. The number of hydrogen-bond donors (Lipinski definition) is 1. The van der Waals surface area contributed by atoms with Crippen molar-refractivity contribution in [3.05, 3.63) is 53.9 Å². The van der Waals surface area contributed by atoms with Gasteiger partial charge in [-0.15, -0.1) is 0 Å². The van der Waals surface area contributed by atoms with E-state index in [9.17, 15) is 4.79 Å². The van der Waals surface area contributed by atoms with E-state index < -0.39 is 0 Å². The fraction of sp³-hybridized carbons (Fsp3) is 0.364. The number of fused-ring (bicyclic) bond motifs is 1. The second kappa shape index (κ2) is 7.78. The largest absolute Gasteiger partial charge is 0.475 e. The number of nitrogens with zero attached hydrogens (tertiary/aromatic N) is 4. The molecule has 8 heteroatoms. The number of hydrogen-bond acceptors (Lipinski definition) is 7. The van der Waals surface area contributed by atoms with Gasteiger partial charge in [0, 0.05) is 25.2 Å². The number of aliphatic imine (C=N–C) groups is 1. The molecule has 0 bridgehead atoms. The molecule has 1 aromatic carbocycles. The molecule has 1 fully saturated rings. The minimum absolute atomic E-state index is 0.0208. The number of cyclic esters (lactones) is 1. The average molecular weight is 405 g/mol. The summed E-state index contributed by atoms with van der Waals surface area (Å²) in [6, 6.07) is 10.0. The van der Waals surface area contributed by atoms with Gasteiger partial charge in [-0.1, -0.05) is 30.3 Å². The SMILES string of the molecule is CCn1ncc2c(NC3CCOC(=O)C3)c(C3=N[C@@H](c4ccccc4)CO3)cnc21. The molecule has 4 heterocycles. The maximum atomic E-state index is 11.8. The molecule has 2 atom stereocenters. The van der Waals surface area contributed by atoms with E-state index in [1.165, 1.54) is 0 Å². The smallest absolute Gasteiger partial charge is 0.307 e. The van der Waals surface area contributed by atoms with Crippen LogP contribution in [-0.4, -0.2) is 45.9 Å².